The summed E-state index contributed by atoms with van der Waals surface area (Å²) in [6.45, 7) is 24.2. The average Bonchev–Trinajstić information content (AvgIpc) is 2.85. The number of ether oxygens (including phenoxy) is 2. The van der Waals surface area contributed by atoms with Crippen molar-refractivity contribution in [2.75, 3.05) is 13.2 Å². The van der Waals surface area contributed by atoms with Gasteiger partial charge in [-0.25, -0.2) is 0 Å². The summed E-state index contributed by atoms with van der Waals surface area (Å²) in [5.41, 5.74) is 0. The Morgan fingerprint density at radius 3 is 1.68 bits per heavy atom. The van der Waals surface area contributed by atoms with Gasteiger partial charge in [0.25, 0.3) is 8.32 Å². The molecule has 0 bridgehead atoms. The Balaban J connectivity index is 1.63. The fourth-order valence-electron chi connectivity index (χ4n) is 5.70. The molecular formula is C34H56O4Si2. The quantitative estimate of drug-likeness (QED) is 0.187. The first-order valence-electron chi connectivity index (χ1n) is 15.3. The molecule has 2 aromatic rings. The van der Waals surface area contributed by atoms with Crippen molar-refractivity contribution in [1.29, 1.82) is 0 Å². The smallest absolute Gasteiger partial charge is 0.261 e. The standard InChI is InChI=1S/C34H56O4Si2/c1-32(2,3)39(9,10)35-25-18-17-19-28-27-29(38-34(7,8)37-28)24-26-36-40(33(4,5)6,30-20-13-11-14-21-30)31-22-15-12-16-23-31/h11-16,20-23,28-29H,17-19,24-27H2,1-10H3/t28-,29-/m0/s1. The van der Waals surface area contributed by atoms with E-state index in [1.54, 1.807) is 0 Å². The number of rotatable bonds is 12. The molecule has 3 rings (SSSR count). The van der Waals surface area contributed by atoms with E-state index in [1.165, 1.54) is 10.4 Å². The summed E-state index contributed by atoms with van der Waals surface area (Å²) < 4.78 is 26.3. The van der Waals surface area contributed by atoms with Gasteiger partial charge in [-0.05, 0) is 73.1 Å². The lowest BCUT2D eigenvalue weighted by Gasteiger charge is -2.44. The first-order valence-corrected chi connectivity index (χ1v) is 20.1. The summed E-state index contributed by atoms with van der Waals surface area (Å²) in [6.07, 6.45) is 5.33. The highest BCUT2D eigenvalue weighted by molar-refractivity contribution is 6.99. The number of hydrogen-bond acceptors (Lipinski definition) is 4. The van der Waals surface area contributed by atoms with Crippen LogP contribution in [0.1, 0.15) is 87.5 Å². The zero-order chi connectivity index (χ0) is 29.7. The van der Waals surface area contributed by atoms with Gasteiger partial charge in [-0.1, -0.05) is 102 Å². The fraction of sp³-hybridized carbons (Fsp3) is 0.647. The average molecular weight is 585 g/mol. The molecule has 2 aromatic carbocycles. The zero-order valence-electron chi connectivity index (χ0n) is 27.0. The van der Waals surface area contributed by atoms with Crippen molar-refractivity contribution < 1.29 is 18.3 Å². The number of benzene rings is 2. The molecule has 6 heteroatoms. The van der Waals surface area contributed by atoms with E-state index in [9.17, 15) is 0 Å². The van der Waals surface area contributed by atoms with E-state index >= 15 is 0 Å². The molecule has 0 radical (unpaired) electrons. The highest BCUT2D eigenvalue weighted by Gasteiger charge is 2.50. The third-order valence-electron chi connectivity index (χ3n) is 8.79. The molecule has 0 unspecified atom stereocenters. The number of unbranched alkanes of at least 4 members (excludes halogenated alkanes) is 1. The maximum atomic E-state index is 7.15. The van der Waals surface area contributed by atoms with E-state index in [4.69, 9.17) is 18.3 Å². The minimum atomic E-state index is -2.54. The zero-order valence-corrected chi connectivity index (χ0v) is 29.0. The van der Waals surface area contributed by atoms with Gasteiger partial charge in [0.15, 0.2) is 14.1 Å². The van der Waals surface area contributed by atoms with Crippen molar-refractivity contribution in [1.82, 2.24) is 0 Å². The van der Waals surface area contributed by atoms with Crippen LogP contribution in [-0.4, -0.2) is 47.8 Å². The lowest BCUT2D eigenvalue weighted by Crippen LogP contribution is -2.66. The van der Waals surface area contributed by atoms with Crippen LogP contribution in [0.5, 0.6) is 0 Å². The van der Waals surface area contributed by atoms with Crippen molar-refractivity contribution in [3.63, 3.8) is 0 Å². The predicted octanol–water partition coefficient (Wildman–Crippen LogP) is 8.06. The Bertz CT molecular complexity index is 986. The van der Waals surface area contributed by atoms with E-state index in [1.807, 2.05) is 0 Å². The van der Waals surface area contributed by atoms with Crippen LogP contribution in [-0.2, 0) is 18.3 Å². The second-order valence-corrected chi connectivity index (χ2v) is 23.6. The van der Waals surface area contributed by atoms with Gasteiger partial charge < -0.3 is 18.3 Å². The second-order valence-electron chi connectivity index (χ2n) is 14.5. The monoisotopic (exact) mass is 584 g/mol. The normalized spacial score (nSPS) is 20.4. The first-order chi connectivity index (χ1) is 18.6. The molecule has 224 valence electrons. The maximum absolute atomic E-state index is 7.15. The van der Waals surface area contributed by atoms with Crippen molar-refractivity contribution >= 4 is 27.0 Å². The van der Waals surface area contributed by atoms with Crippen molar-refractivity contribution in [2.24, 2.45) is 0 Å². The lowest BCUT2D eigenvalue weighted by molar-refractivity contribution is -0.301. The molecular weight excluding hydrogens is 529 g/mol. The molecule has 1 fully saturated rings. The second kappa shape index (κ2) is 13.3. The Labute approximate surface area is 247 Å². The maximum Gasteiger partial charge on any atom is 0.261 e. The van der Waals surface area contributed by atoms with Crippen LogP contribution in [0.2, 0.25) is 23.2 Å². The molecule has 4 nitrogen and oxygen atoms in total. The summed E-state index contributed by atoms with van der Waals surface area (Å²) in [4.78, 5) is 0. The molecule has 0 aromatic heterocycles. The van der Waals surface area contributed by atoms with Crippen LogP contribution in [0.15, 0.2) is 60.7 Å². The van der Waals surface area contributed by atoms with Gasteiger partial charge in [0, 0.05) is 19.6 Å². The fourth-order valence-corrected chi connectivity index (χ4v) is 11.4. The number of hydrogen-bond donors (Lipinski definition) is 0. The van der Waals surface area contributed by atoms with Crippen LogP contribution >= 0.6 is 0 Å². The largest absolute Gasteiger partial charge is 0.417 e. The van der Waals surface area contributed by atoms with Crippen LogP contribution in [0.3, 0.4) is 0 Å². The molecule has 0 aliphatic carbocycles. The molecule has 40 heavy (non-hydrogen) atoms. The van der Waals surface area contributed by atoms with Gasteiger partial charge in [-0.2, -0.15) is 0 Å². The highest BCUT2D eigenvalue weighted by Crippen LogP contribution is 2.38. The Hall–Kier alpha value is -1.29. The molecule has 1 aliphatic heterocycles. The van der Waals surface area contributed by atoms with Crippen LogP contribution in [0.25, 0.3) is 0 Å². The Morgan fingerprint density at radius 2 is 1.20 bits per heavy atom. The molecule has 1 aliphatic rings. The van der Waals surface area contributed by atoms with Gasteiger partial charge in [0.05, 0.1) is 12.2 Å². The van der Waals surface area contributed by atoms with Gasteiger partial charge >= 0.3 is 0 Å². The highest BCUT2D eigenvalue weighted by atomic mass is 28.4. The Kier molecular flexibility index (Phi) is 11.1. The van der Waals surface area contributed by atoms with E-state index < -0.39 is 22.4 Å². The van der Waals surface area contributed by atoms with Crippen molar-refractivity contribution in [3.8, 4) is 0 Å². The van der Waals surface area contributed by atoms with Gasteiger partial charge in [-0.15, -0.1) is 0 Å². The van der Waals surface area contributed by atoms with E-state index in [2.05, 4.69) is 129 Å². The predicted molar refractivity (Wildman–Crippen MR) is 174 cm³/mol. The Morgan fingerprint density at radius 1 is 0.700 bits per heavy atom. The third kappa shape index (κ3) is 8.39. The van der Waals surface area contributed by atoms with Crippen molar-refractivity contribution in [2.45, 2.75) is 129 Å². The van der Waals surface area contributed by atoms with E-state index in [0.717, 1.165) is 38.7 Å². The van der Waals surface area contributed by atoms with E-state index in [0.29, 0.717) is 6.61 Å². The van der Waals surface area contributed by atoms with Gasteiger partial charge in [0.2, 0.25) is 0 Å². The molecule has 1 heterocycles. The van der Waals surface area contributed by atoms with Gasteiger partial charge in [-0.3, -0.25) is 0 Å². The van der Waals surface area contributed by atoms with Crippen LogP contribution in [0.4, 0.5) is 0 Å². The molecule has 0 saturated carbocycles. The summed E-state index contributed by atoms with van der Waals surface area (Å²) in [7, 11) is -4.23. The topological polar surface area (TPSA) is 36.9 Å². The molecule has 0 N–H and O–H groups in total. The van der Waals surface area contributed by atoms with Gasteiger partial charge in [0.1, 0.15) is 0 Å². The first kappa shape index (κ1) is 33.2. The molecule has 2 atom stereocenters. The summed E-state index contributed by atoms with van der Waals surface area (Å²) >= 11 is 0. The molecule has 1 saturated heterocycles. The summed E-state index contributed by atoms with van der Waals surface area (Å²) in [5.74, 6) is -0.581. The van der Waals surface area contributed by atoms with Crippen molar-refractivity contribution in [3.05, 3.63) is 60.7 Å². The third-order valence-corrected chi connectivity index (χ3v) is 18.4. The minimum Gasteiger partial charge on any atom is -0.417 e. The minimum absolute atomic E-state index is 0.0273. The lowest BCUT2D eigenvalue weighted by atomic mass is 10.0. The van der Waals surface area contributed by atoms with E-state index in [-0.39, 0.29) is 22.3 Å². The van der Waals surface area contributed by atoms with Crippen LogP contribution < -0.4 is 10.4 Å². The van der Waals surface area contributed by atoms with Crippen LogP contribution in [0, 0.1) is 0 Å². The molecule has 0 amide bonds. The summed E-state index contributed by atoms with van der Waals surface area (Å²) in [6, 6.07) is 21.8. The molecule has 0 spiro atoms. The SMILES string of the molecule is CC1(C)O[C@@H](CCCCO[Si](C)(C)C(C)(C)C)C[C@H](CCO[Si](c2ccccc2)(c2ccccc2)C(C)(C)C)O1. The summed E-state index contributed by atoms with van der Waals surface area (Å²) in [5, 5.41) is 2.87.